The van der Waals surface area contributed by atoms with Gasteiger partial charge in [0.25, 0.3) is 0 Å². The number of rotatable bonds is 10. The summed E-state index contributed by atoms with van der Waals surface area (Å²) < 4.78 is 7.60. The maximum atomic E-state index is 11.5. The molecule has 0 aliphatic carbocycles. The van der Waals surface area contributed by atoms with Gasteiger partial charge in [-0.3, -0.25) is 14.3 Å². The average Bonchev–Trinajstić information content (AvgIpc) is 3.01. The number of aryl methyl sites for hydroxylation is 1. The van der Waals surface area contributed by atoms with E-state index in [0.29, 0.717) is 6.54 Å². The Hall–Kier alpha value is -1.79. The molecule has 6 heteroatoms. The summed E-state index contributed by atoms with van der Waals surface area (Å²) >= 11 is 1.06. The van der Waals surface area contributed by atoms with E-state index in [1.165, 1.54) is 41.2 Å². The Morgan fingerprint density at radius 1 is 1.19 bits per heavy atom. The van der Waals surface area contributed by atoms with Gasteiger partial charge in [0.05, 0.1) is 5.38 Å². The molecule has 3 rings (SSSR count). The third-order valence-electron chi connectivity index (χ3n) is 5.29. The quantitative estimate of drug-likeness (QED) is 0.617. The predicted molar refractivity (Wildman–Crippen MR) is 110 cm³/mol. The van der Waals surface area contributed by atoms with Crippen molar-refractivity contribution >= 4 is 11.3 Å². The second-order valence-electron chi connectivity index (χ2n) is 7.33. The monoisotopic (exact) mass is 390 g/mol. The molecule has 0 fully saturated rings. The van der Waals surface area contributed by atoms with Crippen molar-refractivity contribution in [1.82, 2.24) is 9.47 Å². The van der Waals surface area contributed by atoms with Gasteiger partial charge in [0.1, 0.15) is 5.75 Å². The van der Waals surface area contributed by atoms with Crippen molar-refractivity contribution in [2.24, 2.45) is 0 Å². The molecular formula is C21H30N2O3S. The Labute approximate surface area is 165 Å². The van der Waals surface area contributed by atoms with Crippen molar-refractivity contribution < 1.29 is 9.84 Å². The van der Waals surface area contributed by atoms with Gasteiger partial charge < -0.3 is 9.84 Å². The topological polar surface area (TPSA) is 54.7 Å². The molecular weight excluding hydrogens is 360 g/mol. The number of hydrogen-bond donors (Lipinski definition) is 1. The van der Waals surface area contributed by atoms with Crippen molar-refractivity contribution in [1.29, 1.82) is 0 Å². The third kappa shape index (κ3) is 5.59. The molecule has 0 saturated heterocycles. The molecule has 5 nitrogen and oxygen atoms in total. The summed E-state index contributed by atoms with van der Waals surface area (Å²) in [5.74, 6) is 1.14. The van der Waals surface area contributed by atoms with Crippen LogP contribution in [0.25, 0.3) is 0 Å². The maximum absolute atomic E-state index is 11.5. The van der Waals surface area contributed by atoms with Gasteiger partial charge in [0.15, 0.2) is 6.23 Å². The molecule has 2 aromatic rings. The van der Waals surface area contributed by atoms with Crippen LogP contribution in [0, 0.1) is 0 Å². The van der Waals surface area contributed by atoms with Gasteiger partial charge >= 0.3 is 4.87 Å². The molecule has 27 heavy (non-hydrogen) atoms. The van der Waals surface area contributed by atoms with Crippen LogP contribution >= 0.6 is 11.3 Å². The maximum Gasteiger partial charge on any atom is 0.309 e. The van der Waals surface area contributed by atoms with Crippen molar-refractivity contribution in [2.75, 3.05) is 13.6 Å². The van der Waals surface area contributed by atoms with E-state index in [2.05, 4.69) is 30.1 Å². The Kier molecular flexibility index (Phi) is 7.35. The zero-order valence-corrected chi connectivity index (χ0v) is 16.9. The van der Waals surface area contributed by atoms with Crippen LogP contribution in [0.15, 0.2) is 34.4 Å². The highest BCUT2D eigenvalue weighted by Gasteiger charge is 2.22. The molecule has 1 aromatic heterocycles. The first kappa shape index (κ1) is 20.0. The smallest absolute Gasteiger partial charge is 0.309 e. The van der Waals surface area contributed by atoms with Crippen molar-refractivity contribution in [3.05, 3.63) is 44.9 Å². The van der Waals surface area contributed by atoms with Gasteiger partial charge in [-0.15, -0.1) is 0 Å². The molecule has 2 heterocycles. The fourth-order valence-electron chi connectivity index (χ4n) is 3.63. The van der Waals surface area contributed by atoms with Gasteiger partial charge in [-0.05, 0) is 37.9 Å². The van der Waals surface area contributed by atoms with E-state index in [1.54, 1.807) is 0 Å². The van der Waals surface area contributed by atoms with Crippen LogP contribution < -0.4 is 9.61 Å². The van der Waals surface area contributed by atoms with Crippen molar-refractivity contribution in [3.8, 4) is 11.6 Å². The summed E-state index contributed by atoms with van der Waals surface area (Å²) in [4.78, 5) is 13.8. The fraction of sp³-hybridized carbons (Fsp3) is 0.571. The van der Waals surface area contributed by atoms with E-state index < -0.39 is 0 Å². The molecule has 1 atom stereocenters. The van der Waals surface area contributed by atoms with Gasteiger partial charge in [-0.2, -0.15) is 0 Å². The minimum absolute atomic E-state index is 0.0666. The van der Waals surface area contributed by atoms with Gasteiger partial charge in [-0.25, -0.2) is 0 Å². The lowest BCUT2D eigenvalue weighted by molar-refractivity contribution is 0.0269. The fourth-order valence-corrected chi connectivity index (χ4v) is 4.28. The molecule has 1 N–H and O–H groups in total. The number of fused-ring (bicyclic) bond motifs is 1. The first-order valence-electron chi connectivity index (χ1n) is 9.97. The number of aromatic nitrogens is 1. The van der Waals surface area contributed by atoms with E-state index in [-0.39, 0.29) is 17.0 Å². The summed E-state index contributed by atoms with van der Waals surface area (Å²) in [6, 6.07) is 8.34. The zero-order chi connectivity index (χ0) is 19.1. The lowest BCUT2D eigenvalue weighted by Crippen LogP contribution is -2.39. The van der Waals surface area contributed by atoms with E-state index >= 15 is 0 Å². The van der Waals surface area contributed by atoms with Crippen LogP contribution in [0.2, 0.25) is 0 Å². The molecule has 0 radical (unpaired) electrons. The summed E-state index contributed by atoms with van der Waals surface area (Å²) in [6.45, 7) is 1.68. The highest BCUT2D eigenvalue weighted by molar-refractivity contribution is 7.07. The highest BCUT2D eigenvalue weighted by Crippen LogP contribution is 2.28. The first-order valence-corrected chi connectivity index (χ1v) is 10.8. The zero-order valence-electron chi connectivity index (χ0n) is 16.1. The van der Waals surface area contributed by atoms with Crippen LogP contribution in [-0.2, 0) is 13.0 Å². The molecule has 0 spiro atoms. The molecule has 1 unspecified atom stereocenters. The van der Waals surface area contributed by atoms with Crippen LogP contribution in [0.5, 0.6) is 11.6 Å². The van der Waals surface area contributed by atoms with Gasteiger partial charge in [-0.1, -0.05) is 55.2 Å². The lowest BCUT2D eigenvalue weighted by atomic mass is 10.0. The number of para-hydroxylation sites is 1. The number of thiazole rings is 1. The van der Waals surface area contributed by atoms with Crippen molar-refractivity contribution in [3.63, 3.8) is 0 Å². The van der Waals surface area contributed by atoms with Crippen molar-refractivity contribution in [2.45, 2.75) is 64.1 Å². The molecule has 0 bridgehead atoms. The predicted octanol–water partition coefficient (Wildman–Crippen LogP) is 4.24. The molecule has 148 valence electrons. The van der Waals surface area contributed by atoms with Crippen LogP contribution in [0.4, 0.5) is 0 Å². The van der Waals surface area contributed by atoms with Crippen LogP contribution in [0.1, 0.15) is 50.5 Å². The number of nitrogens with zero attached hydrogens (tertiary/aromatic N) is 2. The first-order chi connectivity index (χ1) is 13.1. The second kappa shape index (κ2) is 9.95. The molecule has 1 aliphatic heterocycles. The number of benzene rings is 1. The SMILES string of the molecule is CN(CCCCCCCCn1c(O)csc1=O)C1CCc2ccccc2O1. The summed E-state index contributed by atoms with van der Waals surface area (Å²) in [5, 5.41) is 11.1. The Morgan fingerprint density at radius 3 is 2.70 bits per heavy atom. The third-order valence-corrected chi connectivity index (χ3v) is 6.04. The van der Waals surface area contributed by atoms with Gasteiger partial charge in [0, 0.05) is 19.5 Å². The summed E-state index contributed by atoms with van der Waals surface area (Å²) in [6.07, 6.45) is 9.18. The number of hydrogen-bond acceptors (Lipinski definition) is 5. The normalized spacial score (nSPS) is 16.3. The van der Waals surface area contributed by atoms with E-state index in [1.807, 2.05) is 6.07 Å². The molecule has 0 amide bonds. The Morgan fingerprint density at radius 2 is 1.93 bits per heavy atom. The number of ether oxygens (including phenoxy) is 1. The average molecular weight is 391 g/mol. The van der Waals surface area contributed by atoms with E-state index in [9.17, 15) is 9.90 Å². The molecule has 0 saturated carbocycles. The Balaban J connectivity index is 1.25. The largest absolute Gasteiger partial charge is 0.494 e. The standard InChI is InChI=1S/C21H30N2O3S/c1-22(20-13-12-17-10-6-7-11-18(17)26-20)14-8-4-2-3-5-9-15-23-19(24)16-27-21(23)25/h6-7,10-11,16,20,24H,2-5,8-9,12-15H2,1H3. The van der Waals surface area contributed by atoms with Crippen LogP contribution in [-0.4, -0.2) is 34.4 Å². The van der Waals surface area contributed by atoms with Gasteiger partial charge in [0.2, 0.25) is 5.88 Å². The minimum Gasteiger partial charge on any atom is -0.494 e. The molecule has 1 aliphatic rings. The highest BCUT2D eigenvalue weighted by atomic mass is 32.1. The second-order valence-corrected chi connectivity index (χ2v) is 8.15. The summed E-state index contributed by atoms with van der Waals surface area (Å²) in [5.41, 5.74) is 1.32. The summed E-state index contributed by atoms with van der Waals surface area (Å²) in [7, 11) is 2.16. The van der Waals surface area contributed by atoms with E-state index in [0.717, 1.165) is 49.3 Å². The minimum atomic E-state index is -0.0666. The van der Waals surface area contributed by atoms with Crippen LogP contribution in [0.3, 0.4) is 0 Å². The molecule has 1 aromatic carbocycles. The number of unbranched alkanes of at least 4 members (excludes halogenated alkanes) is 5. The van der Waals surface area contributed by atoms with E-state index in [4.69, 9.17) is 4.74 Å². The lowest BCUT2D eigenvalue weighted by Gasteiger charge is -2.32. The number of aromatic hydroxyl groups is 1. The Bertz CT molecular complexity index is 771.